The van der Waals surface area contributed by atoms with Crippen molar-refractivity contribution < 1.29 is 27.5 Å². The van der Waals surface area contributed by atoms with Crippen LogP contribution in [0.3, 0.4) is 0 Å². The van der Waals surface area contributed by atoms with Gasteiger partial charge in [0.1, 0.15) is 6.54 Å². The lowest BCUT2D eigenvalue weighted by Crippen LogP contribution is -2.41. The molecule has 0 spiro atoms. The lowest BCUT2D eigenvalue weighted by molar-refractivity contribution is -0.160. The number of ether oxygens (including phenoxy) is 1. The lowest BCUT2D eigenvalue weighted by Gasteiger charge is -2.31. The number of carbonyl (C=O) groups excluding carboxylic acids is 2. The maximum atomic E-state index is 12.2. The predicted molar refractivity (Wildman–Crippen MR) is 89.3 cm³/mol. The van der Waals surface area contributed by atoms with Crippen molar-refractivity contribution in [3.63, 3.8) is 0 Å². The van der Waals surface area contributed by atoms with Gasteiger partial charge >= 0.3 is 12.3 Å². The van der Waals surface area contributed by atoms with E-state index in [0.29, 0.717) is 5.92 Å². The van der Waals surface area contributed by atoms with Crippen LogP contribution in [-0.2, 0) is 9.53 Å². The molecule has 1 aromatic rings. The fourth-order valence-corrected chi connectivity index (χ4v) is 3.18. The van der Waals surface area contributed by atoms with Crippen LogP contribution in [0.15, 0.2) is 30.3 Å². The van der Waals surface area contributed by atoms with Crippen molar-refractivity contribution in [2.75, 3.05) is 13.2 Å². The lowest BCUT2D eigenvalue weighted by atomic mass is 9.81. The van der Waals surface area contributed by atoms with Gasteiger partial charge in [-0.1, -0.05) is 49.6 Å². The third-order valence-corrected chi connectivity index (χ3v) is 4.36. The second kappa shape index (κ2) is 9.45. The highest BCUT2D eigenvalue weighted by Crippen LogP contribution is 2.34. The molecule has 26 heavy (non-hydrogen) atoms. The average molecular weight is 372 g/mol. The van der Waals surface area contributed by atoms with Crippen molar-refractivity contribution in [2.45, 2.75) is 44.3 Å². The van der Waals surface area contributed by atoms with E-state index < -0.39 is 31.3 Å². The summed E-state index contributed by atoms with van der Waals surface area (Å²) in [6.07, 6.45) is -0.483. The second-order valence-corrected chi connectivity index (χ2v) is 6.40. The molecule has 1 aromatic carbocycles. The normalized spacial score (nSPS) is 16.6. The minimum absolute atomic E-state index is 0.183. The summed E-state index contributed by atoms with van der Waals surface area (Å²) in [5.74, 6) is -0.166. The summed E-state index contributed by atoms with van der Waals surface area (Å²) in [6.45, 7) is -2.12. The van der Waals surface area contributed by atoms with Crippen LogP contribution in [-0.4, -0.2) is 31.3 Å². The first-order valence-electron chi connectivity index (χ1n) is 8.67. The van der Waals surface area contributed by atoms with Gasteiger partial charge in [0.25, 0.3) is 0 Å². The Labute approximate surface area is 150 Å². The van der Waals surface area contributed by atoms with Crippen LogP contribution in [0.4, 0.5) is 18.0 Å². The van der Waals surface area contributed by atoms with Crippen LogP contribution in [0, 0.1) is 5.92 Å². The Kier molecular flexibility index (Phi) is 7.29. The number of amides is 2. The molecule has 0 aliphatic heterocycles. The highest BCUT2D eigenvalue weighted by Gasteiger charge is 2.30. The van der Waals surface area contributed by atoms with E-state index >= 15 is 0 Å². The first-order valence-corrected chi connectivity index (χ1v) is 8.67. The van der Waals surface area contributed by atoms with Crippen molar-refractivity contribution >= 4 is 12.0 Å². The van der Waals surface area contributed by atoms with Gasteiger partial charge in [0.15, 0.2) is 6.61 Å². The third kappa shape index (κ3) is 6.93. The number of hydrogen-bond acceptors (Lipinski definition) is 3. The van der Waals surface area contributed by atoms with E-state index in [-0.39, 0.29) is 6.04 Å². The number of benzene rings is 1. The van der Waals surface area contributed by atoms with Crippen molar-refractivity contribution in [3.05, 3.63) is 35.9 Å². The van der Waals surface area contributed by atoms with Crippen LogP contribution >= 0.6 is 0 Å². The number of hydrogen-bond donors (Lipinski definition) is 2. The molecular weight excluding hydrogens is 349 g/mol. The molecule has 1 aliphatic rings. The minimum atomic E-state index is -4.60. The van der Waals surface area contributed by atoms with Crippen LogP contribution in [0.2, 0.25) is 0 Å². The highest BCUT2D eigenvalue weighted by molar-refractivity contribution is 5.82. The summed E-state index contributed by atoms with van der Waals surface area (Å²) in [6, 6.07) is 9.36. The maximum absolute atomic E-state index is 12.2. The number of alkyl halides is 3. The summed E-state index contributed by atoms with van der Waals surface area (Å²) in [7, 11) is 0. The smallest absolute Gasteiger partial charge is 0.422 e. The maximum Gasteiger partial charge on any atom is 0.422 e. The zero-order chi connectivity index (χ0) is 19.0. The minimum Gasteiger partial charge on any atom is -0.440 e. The van der Waals surface area contributed by atoms with E-state index in [0.717, 1.165) is 31.2 Å². The first kappa shape index (κ1) is 20.1. The molecule has 1 atom stereocenters. The zero-order valence-corrected chi connectivity index (χ0v) is 14.3. The monoisotopic (exact) mass is 372 g/mol. The topological polar surface area (TPSA) is 67.4 Å². The quantitative estimate of drug-likeness (QED) is 0.800. The molecule has 2 amide bonds. The Bertz CT molecular complexity index is 587. The highest BCUT2D eigenvalue weighted by atomic mass is 19.4. The zero-order valence-electron chi connectivity index (χ0n) is 14.3. The summed E-state index contributed by atoms with van der Waals surface area (Å²) in [5.41, 5.74) is 0.979. The third-order valence-electron chi connectivity index (χ3n) is 4.36. The molecule has 2 N–H and O–H groups in total. The molecule has 144 valence electrons. The van der Waals surface area contributed by atoms with Gasteiger partial charge in [-0.3, -0.25) is 4.79 Å². The molecule has 0 saturated heterocycles. The molecule has 1 fully saturated rings. The molecule has 2 rings (SSSR count). The molecular formula is C18H23F3N2O3. The number of nitrogens with one attached hydrogen (secondary N) is 2. The largest absolute Gasteiger partial charge is 0.440 e. The van der Waals surface area contributed by atoms with E-state index in [1.807, 2.05) is 35.6 Å². The number of rotatable bonds is 6. The molecule has 0 radical (unpaired) electrons. The summed E-state index contributed by atoms with van der Waals surface area (Å²) in [5, 5.41) is 4.94. The van der Waals surface area contributed by atoms with Crippen molar-refractivity contribution in [1.29, 1.82) is 0 Å². The summed E-state index contributed by atoms with van der Waals surface area (Å²) in [4.78, 5) is 23.4. The van der Waals surface area contributed by atoms with Gasteiger partial charge in [0.2, 0.25) is 5.91 Å². The summed E-state index contributed by atoms with van der Waals surface area (Å²) >= 11 is 0. The molecule has 0 heterocycles. The molecule has 5 nitrogen and oxygen atoms in total. The van der Waals surface area contributed by atoms with E-state index in [4.69, 9.17) is 0 Å². The van der Waals surface area contributed by atoms with Gasteiger partial charge in [-0.25, -0.2) is 4.79 Å². The number of alkyl carbamates (subject to hydrolysis) is 1. The standard InChI is InChI=1S/C18H23F3N2O3/c19-18(20,21)12-26-17(25)22-11-15(24)23-16(13-7-3-1-4-8-13)14-9-5-2-6-10-14/h1,3-4,7-8,14,16H,2,5-6,9-12H2,(H,22,25)(H,23,24). The number of halogens is 3. The Morgan fingerprint density at radius 3 is 2.38 bits per heavy atom. The van der Waals surface area contributed by atoms with E-state index in [2.05, 4.69) is 10.1 Å². The van der Waals surface area contributed by atoms with Crippen LogP contribution in [0.25, 0.3) is 0 Å². The molecule has 1 aliphatic carbocycles. The van der Waals surface area contributed by atoms with Gasteiger partial charge in [-0.2, -0.15) is 13.2 Å². The molecule has 0 bridgehead atoms. The Hall–Kier alpha value is -2.25. The van der Waals surface area contributed by atoms with Crippen molar-refractivity contribution in [2.24, 2.45) is 5.92 Å². The van der Waals surface area contributed by atoms with Gasteiger partial charge < -0.3 is 15.4 Å². The van der Waals surface area contributed by atoms with E-state index in [1.165, 1.54) is 6.42 Å². The average Bonchev–Trinajstić information content (AvgIpc) is 2.63. The Morgan fingerprint density at radius 2 is 1.77 bits per heavy atom. The molecule has 8 heteroatoms. The van der Waals surface area contributed by atoms with Gasteiger partial charge in [0, 0.05) is 0 Å². The molecule has 1 unspecified atom stereocenters. The molecule has 1 saturated carbocycles. The van der Waals surface area contributed by atoms with Gasteiger partial charge in [-0.05, 0) is 24.3 Å². The van der Waals surface area contributed by atoms with E-state index in [9.17, 15) is 22.8 Å². The second-order valence-electron chi connectivity index (χ2n) is 6.40. The number of carbonyl (C=O) groups is 2. The van der Waals surface area contributed by atoms with Gasteiger partial charge in [-0.15, -0.1) is 0 Å². The fourth-order valence-electron chi connectivity index (χ4n) is 3.18. The van der Waals surface area contributed by atoms with Gasteiger partial charge in [0.05, 0.1) is 6.04 Å². The van der Waals surface area contributed by atoms with Crippen molar-refractivity contribution in [3.8, 4) is 0 Å². The Morgan fingerprint density at radius 1 is 1.12 bits per heavy atom. The first-order chi connectivity index (χ1) is 12.3. The van der Waals surface area contributed by atoms with Crippen LogP contribution in [0.5, 0.6) is 0 Å². The SMILES string of the molecule is O=C(CNC(=O)OCC(F)(F)F)NC(c1ccccc1)C1CCCCC1. The van der Waals surface area contributed by atoms with Crippen LogP contribution < -0.4 is 10.6 Å². The predicted octanol–water partition coefficient (Wildman–Crippen LogP) is 3.71. The fraction of sp³-hybridized carbons (Fsp3) is 0.556. The molecule has 0 aromatic heterocycles. The van der Waals surface area contributed by atoms with Crippen molar-refractivity contribution in [1.82, 2.24) is 10.6 Å². The van der Waals surface area contributed by atoms with Crippen LogP contribution in [0.1, 0.15) is 43.7 Å². The Balaban J connectivity index is 1.89. The van der Waals surface area contributed by atoms with E-state index in [1.54, 1.807) is 0 Å². The summed E-state index contributed by atoms with van der Waals surface area (Å²) < 4.78 is 40.0.